The number of hydrogen-bond donors (Lipinski definition) is 1. The molecule has 0 amide bonds. The molecule has 0 unspecified atom stereocenters. The molecule has 164 valence electrons. The Hall–Kier alpha value is -2.01. The van der Waals surface area contributed by atoms with Gasteiger partial charge < -0.3 is 19.5 Å². The molecule has 5 rings (SSSR count). The van der Waals surface area contributed by atoms with Crippen LogP contribution in [0, 0.1) is 0 Å². The van der Waals surface area contributed by atoms with E-state index in [2.05, 4.69) is 28.7 Å². The van der Waals surface area contributed by atoms with Crippen molar-refractivity contribution in [3.63, 3.8) is 0 Å². The highest BCUT2D eigenvalue weighted by Gasteiger charge is 2.33. The highest BCUT2D eigenvalue weighted by Crippen LogP contribution is 2.44. The number of hydrogen-bond acceptors (Lipinski definition) is 9. The number of anilines is 1. The Bertz CT molecular complexity index is 1170. The Labute approximate surface area is 188 Å². The third-order valence-corrected chi connectivity index (χ3v) is 8.02. The molecule has 1 saturated heterocycles. The van der Waals surface area contributed by atoms with Gasteiger partial charge in [0.1, 0.15) is 27.3 Å². The lowest BCUT2D eigenvalue weighted by atomic mass is 9.90. The molecular weight excluding hydrogens is 436 g/mol. The number of nitrogens with zero attached hydrogens (tertiary/aromatic N) is 4. The maximum absolute atomic E-state index is 11.4. The first-order chi connectivity index (χ1) is 14.8. The van der Waals surface area contributed by atoms with Crippen LogP contribution in [0.4, 0.5) is 5.82 Å². The summed E-state index contributed by atoms with van der Waals surface area (Å²) in [6.45, 7) is 9.38. The minimum atomic E-state index is -0.859. The van der Waals surface area contributed by atoms with Crippen molar-refractivity contribution in [2.24, 2.45) is 0 Å². The lowest BCUT2D eigenvalue weighted by Gasteiger charge is -2.36. The molecule has 8 nitrogen and oxygen atoms in total. The van der Waals surface area contributed by atoms with Crippen molar-refractivity contribution in [2.75, 3.05) is 31.2 Å². The number of thioether (sulfide) groups is 1. The second kappa shape index (κ2) is 7.84. The predicted molar refractivity (Wildman–Crippen MR) is 121 cm³/mol. The van der Waals surface area contributed by atoms with Gasteiger partial charge in [-0.2, -0.15) is 0 Å². The number of carboxylic acids is 1. The fourth-order valence-corrected chi connectivity index (χ4v) is 6.16. The minimum absolute atomic E-state index is 0.278. The Morgan fingerprint density at radius 3 is 2.81 bits per heavy atom. The molecule has 0 saturated carbocycles. The van der Waals surface area contributed by atoms with Gasteiger partial charge in [-0.1, -0.05) is 11.8 Å². The number of morpholine rings is 1. The van der Waals surface area contributed by atoms with Crippen molar-refractivity contribution in [3.05, 3.63) is 17.5 Å². The van der Waals surface area contributed by atoms with E-state index >= 15 is 0 Å². The first-order valence-corrected chi connectivity index (χ1v) is 12.0. The van der Waals surface area contributed by atoms with Gasteiger partial charge in [0.05, 0.1) is 35.6 Å². The van der Waals surface area contributed by atoms with E-state index in [1.165, 1.54) is 23.7 Å². The number of carbonyl (C=O) groups is 1. The van der Waals surface area contributed by atoms with Gasteiger partial charge in [-0.3, -0.25) is 4.79 Å². The van der Waals surface area contributed by atoms with Crippen LogP contribution in [0.3, 0.4) is 0 Å². The maximum atomic E-state index is 11.4. The lowest BCUT2D eigenvalue weighted by molar-refractivity contribution is -0.136. The predicted octanol–water partition coefficient (Wildman–Crippen LogP) is 3.49. The van der Waals surface area contributed by atoms with Gasteiger partial charge >= 0.3 is 5.97 Å². The van der Waals surface area contributed by atoms with E-state index in [0.717, 1.165) is 51.3 Å². The molecule has 0 bridgehead atoms. The van der Waals surface area contributed by atoms with E-state index in [1.54, 1.807) is 18.3 Å². The summed E-state index contributed by atoms with van der Waals surface area (Å²) in [4.78, 5) is 28.7. The number of ether oxygens (including phenoxy) is 2. The Balaban J connectivity index is 1.73. The number of carboxylic acid groups (broad SMARTS) is 1. The van der Waals surface area contributed by atoms with E-state index in [1.807, 2.05) is 0 Å². The zero-order valence-corrected chi connectivity index (χ0v) is 19.3. The molecule has 31 heavy (non-hydrogen) atoms. The second-order valence-corrected chi connectivity index (χ2v) is 10.8. The van der Waals surface area contributed by atoms with Crippen LogP contribution >= 0.6 is 23.1 Å². The molecule has 10 heteroatoms. The monoisotopic (exact) mass is 460 g/mol. The SMILES string of the molecule is C[C@@H](Sc1ncnc2c1sc1nc(N3CCOCC3)c3c(c12)CC(C)(C)OC3)C(=O)O. The summed E-state index contributed by atoms with van der Waals surface area (Å²) in [5.74, 6) is 0.107. The average molecular weight is 461 g/mol. The van der Waals surface area contributed by atoms with Gasteiger partial charge in [0.25, 0.3) is 0 Å². The molecule has 3 aromatic rings. The summed E-state index contributed by atoms with van der Waals surface area (Å²) in [5, 5.41) is 10.5. The molecule has 5 heterocycles. The number of thiophene rings is 1. The molecule has 0 radical (unpaired) electrons. The minimum Gasteiger partial charge on any atom is -0.480 e. The standard InChI is InChI=1S/C21H24N4O4S2/c1-11(20(26)27)30-19-16-15(22-10-23-19)14-12-8-21(2,3)29-9-13(12)17(24-18(14)31-16)25-4-6-28-7-5-25/h10-11H,4-9H2,1-3H3,(H,26,27)/t11-/m1/s1. The molecule has 1 atom stereocenters. The van der Waals surface area contributed by atoms with Crippen LogP contribution in [0.15, 0.2) is 11.4 Å². The highest BCUT2D eigenvalue weighted by atomic mass is 32.2. The highest BCUT2D eigenvalue weighted by molar-refractivity contribution is 8.00. The van der Waals surface area contributed by atoms with Crippen molar-refractivity contribution in [3.8, 4) is 0 Å². The summed E-state index contributed by atoms with van der Waals surface area (Å²) in [5.41, 5.74) is 2.93. The Morgan fingerprint density at radius 2 is 2.06 bits per heavy atom. The van der Waals surface area contributed by atoms with E-state index < -0.39 is 11.2 Å². The lowest BCUT2D eigenvalue weighted by Crippen LogP contribution is -2.39. The van der Waals surface area contributed by atoms with Gasteiger partial charge in [-0.25, -0.2) is 15.0 Å². The summed E-state index contributed by atoms with van der Waals surface area (Å²) < 4.78 is 12.6. The third-order valence-electron chi connectivity index (χ3n) is 5.72. The molecule has 0 aliphatic carbocycles. The van der Waals surface area contributed by atoms with E-state index in [-0.39, 0.29) is 5.60 Å². The summed E-state index contributed by atoms with van der Waals surface area (Å²) in [6.07, 6.45) is 2.29. The third kappa shape index (κ3) is 3.75. The normalized spacial score (nSPS) is 19.5. The maximum Gasteiger partial charge on any atom is 0.316 e. The van der Waals surface area contributed by atoms with Gasteiger partial charge in [0.2, 0.25) is 0 Å². The van der Waals surface area contributed by atoms with Crippen LogP contribution in [0.2, 0.25) is 0 Å². The van der Waals surface area contributed by atoms with Crippen molar-refractivity contribution in [1.29, 1.82) is 0 Å². The number of fused-ring (bicyclic) bond motifs is 5. The quantitative estimate of drug-likeness (QED) is 0.463. The van der Waals surface area contributed by atoms with Crippen LogP contribution in [0.1, 0.15) is 31.9 Å². The zero-order chi connectivity index (χ0) is 21.8. The van der Waals surface area contributed by atoms with Gasteiger partial charge in [-0.15, -0.1) is 11.3 Å². The van der Waals surface area contributed by atoms with E-state index in [4.69, 9.17) is 14.5 Å². The fraction of sp³-hybridized carbons (Fsp3) is 0.524. The summed E-state index contributed by atoms with van der Waals surface area (Å²) in [7, 11) is 0. The van der Waals surface area contributed by atoms with Crippen molar-refractivity contribution in [2.45, 2.75) is 49.7 Å². The Morgan fingerprint density at radius 1 is 1.29 bits per heavy atom. The fourth-order valence-electron chi connectivity index (χ4n) is 4.11. The van der Waals surface area contributed by atoms with Crippen molar-refractivity contribution in [1.82, 2.24) is 15.0 Å². The molecule has 2 aliphatic rings. The number of pyridine rings is 1. The number of aromatic nitrogens is 3. The van der Waals surface area contributed by atoms with Crippen molar-refractivity contribution >= 4 is 55.3 Å². The van der Waals surface area contributed by atoms with Crippen LogP contribution in [-0.4, -0.2) is 63.2 Å². The van der Waals surface area contributed by atoms with Crippen LogP contribution in [0.5, 0.6) is 0 Å². The first kappa shape index (κ1) is 20.9. The van der Waals surface area contributed by atoms with Crippen LogP contribution < -0.4 is 4.90 Å². The smallest absolute Gasteiger partial charge is 0.316 e. The topological polar surface area (TPSA) is 97.7 Å². The van der Waals surface area contributed by atoms with Crippen molar-refractivity contribution < 1.29 is 19.4 Å². The summed E-state index contributed by atoms with van der Waals surface area (Å²) in [6, 6.07) is 0. The number of aliphatic carboxylic acids is 1. The average Bonchev–Trinajstić information content (AvgIpc) is 3.13. The second-order valence-electron chi connectivity index (χ2n) is 8.45. The molecule has 1 N–H and O–H groups in total. The zero-order valence-electron chi connectivity index (χ0n) is 17.7. The molecule has 1 fully saturated rings. The molecule has 0 spiro atoms. The number of rotatable bonds is 4. The van der Waals surface area contributed by atoms with Gasteiger partial charge in [0, 0.05) is 30.5 Å². The first-order valence-electron chi connectivity index (χ1n) is 10.3. The summed E-state index contributed by atoms with van der Waals surface area (Å²) >= 11 is 2.79. The molecular formula is C21H24N4O4S2. The largest absolute Gasteiger partial charge is 0.480 e. The molecule has 2 aliphatic heterocycles. The Kier molecular flexibility index (Phi) is 5.28. The van der Waals surface area contributed by atoms with E-state index in [9.17, 15) is 9.90 Å². The van der Waals surface area contributed by atoms with Gasteiger partial charge in [0.15, 0.2) is 0 Å². The molecule has 3 aromatic heterocycles. The van der Waals surface area contributed by atoms with Crippen LogP contribution in [0.25, 0.3) is 20.4 Å². The molecule has 0 aromatic carbocycles. The van der Waals surface area contributed by atoms with Crippen LogP contribution in [-0.2, 0) is 27.3 Å². The van der Waals surface area contributed by atoms with Gasteiger partial charge in [-0.05, 0) is 26.3 Å². The van der Waals surface area contributed by atoms with E-state index in [0.29, 0.717) is 24.8 Å².